The van der Waals surface area contributed by atoms with Gasteiger partial charge in [0.1, 0.15) is 0 Å². The minimum Gasteiger partial charge on any atom is -0.691 e. The predicted molar refractivity (Wildman–Crippen MR) is 194 cm³/mol. The first-order chi connectivity index (χ1) is 23.7. The Morgan fingerprint density at radius 1 is 0.840 bits per heavy atom. The monoisotopic (exact) mass is 733 g/mol. The van der Waals surface area contributed by atoms with Gasteiger partial charge in [0, 0.05) is 28.9 Å². The Hall–Kier alpha value is -4.74. The molecule has 258 valence electrons. The maximum Gasteiger partial charge on any atom is 0.363 e. The number of hydrogen-bond donors (Lipinski definition) is 3. The Balaban J connectivity index is 1.58. The second-order valence-corrected chi connectivity index (χ2v) is 15.5. The Bertz CT molecular complexity index is 2470. The van der Waals surface area contributed by atoms with E-state index in [1.165, 1.54) is 18.2 Å². The molecular formula is C35H31N3O9S3. The van der Waals surface area contributed by atoms with Gasteiger partial charge in [0.25, 0.3) is 10.1 Å². The number of nitrogens with zero attached hydrogens (tertiary/aromatic N) is 1. The molecule has 0 radical (unpaired) electrons. The van der Waals surface area contributed by atoms with Crippen molar-refractivity contribution in [3.63, 3.8) is 0 Å². The molecule has 0 aliphatic heterocycles. The Labute approximate surface area is 293 Å². The lowest BCUT2D eigenvalue weighted by atomic mass is 9.96. The highest BCUT2D eigenvalue weighted by Gasteiger charge is 2.26. The Kier molecular flexibility index (Phi) is 9.74. The van der Waals surface area contributed by atoms with Crippen LogP contribution < -0.4 is 20.2 Å². The van der Waals surface area contributed by atoms with E-state index in [2.05, 4.69) is 19.4 Å². The van der Waals surface area contributed by atoms with Crippen molar-refractivity contribution in [2.24, 2.45) is 0 Å². The number of nitrogens with one attached hydrogen (secondary N) is 2. The molecule has 6 aromatic rings. The summed E-state index contributed by atoms with van der Waals surface area (Å²) in [4.78, 5) is 1.58. The van der Waals surface area contributed by atoms with Crippen molar-refractivity contribution in [2.45, 2.75) is 23.6 Å². The lowest BCUT2D eigenvalue weighted by molar-refractivity contribution is -0.777. The highest BCUT2D eigenvalue weighted by molar-refractivity contribution is 7.94. The third-order valence-corrected chi connectivity index (χ3v) is 10.2. The minimum absolute atomic E-state index is 0.171. The van der Waals surface area contributed by atoms with Crippen molar-refractivity contribution < 1.29 is 40.4 Å². The van der Waals surface area contributed by atoms with Gasteiger partial charge >= 0.3 is 11.2 Å². The number of fused-ring (bicyclic) bond motifs is 2. The third kappa shape index (κ3) is 7.39. The van der Waals surface area contributed by atoms with Crippen LogP contribution in [-0.4, -0.2) is 34.7 Å². The molecule has 12 nitrogen and oxygen atoms in total. The molecule has 0 saturated heterocycles. The lowest BCUT2D eigenvalue weighted by Gasteiger charge is -2.22. The van der Waals surface area contributed by atoms with Gasteiger partial charge in [0.05, 0.1) is 63.2 Å². The van der Waals surface area contributed by atoms with Crippen molar-refractivity contribution in [3.05, 3.63) is 108 Å². The molecular weight excluding hydrogens is 703 g/mol. The molecule has 1 heterocycles. The van der Waals surface area contributed by atoms with E-state index in [-0.39, 0.29) is 4.90 Å². The van der Waals surface area contributed by atoms with E-state index in [0.717, 1.165) is 28.8 Å². The second-order valence-electron chi connectivity index (χ2n) is 11.6. The molecule has 5 aromatic carbocycles. The molecule has 50 heavy (non-hydrogen) atoms. The number of rotatable bonds is 11. The summed E-state index contributed by atoms with van der Waals surface area (Å²) < 4.78 is 71.8. The van der Waals surface area contributed by atoms with Gasteiger partial charge in [-0.2, -0.15) is 12.8 Å². The summed E-state index contributed by atoms with van der Waals surface area (Å²) in [5.74, 6) is 0. The van der Waals surface area contributed by atoms with Crippen molar-refractivity contribution in [3.8, 4) is 11.1 Å². The standard InChI is InChI=1S/C35H31N3O9S3/c1-21-8-7-9-22(2)35(21)36-23-12-15-26-31(18-23)45-32-19-24(38(3)30-11-6-5-10-29(30)37-49(4,40)41)13-16-27(32)34(26)28-17-14-25(50(42,43)44)20-33(28)48-47-46-39/h5-20,36-37H,1-4H3,(H-,39,42,43,44). The van der Waals surface area contributed by atoms with Gasteiger partial charge in [-0.25, -0.2) is 12.8 Å². The largest absolute Gasteiger partial charge is 0.691 e. The van der Waals surface area contributed by atoms with Gasteiger partial charge < -0.3 is 15.5 Å². The normalized spacial score (nSPS) is 12.0. The van der Waals surface area contributed by atoms with Crippen LogP contribution in [0.4, 0.5) is 28.4 Å². The molecule has 15 heteroatoms. The van der Waals surface area contributed by atoms with Gasteiger partial charge in [-0.1, -0.05) is 36.4 Å². The van der Waals surface area contributed by atoms with E-state index in [9.17, 15) is 26.6 Å². The van der Waals surface area contributed by atoms with Crippen molar-refractivity contribution in [1.82, 2.24) is 0 Å². The topological polar surface area (TPSA) is 169 Å². The maximum atomic E-state index is 12.1. The number of para-hydroxylation sites is 3. The van der Waals surface area contributed by atoms with Crippen LogP contribution in [0.25, 0.3) is 33.1 Å². The number of anilines is 5. The molecule has 0 atom stereocenters. The SMILES string of the molecule is Cc1cccc(C)c1Nc1ccc2c(-c3ccc(S(=O)(=O)O)cc3SOO[O-])c3ccc(N(C)c4ccccc4NS(C)(=O)=O)cc3[o+]c2c1. The van der Waals surface area contributed by atoms with Gasteiger partial charge in [-0.3, -0.25) is 14.3 Å². The fourth-order valence-corrected chi connectivity index (χ4v) is 7.48. The van der Waals surface area contributed by atoms with Crippen LogP contribution in [0.15, 0.2) is 111 Å². The number of aryl methyl sites for hydroxylation is 2. The van der Waals surface area contributed by atoms with Gasteiger partial charge in [-0.15, -0.1) is 0 Å². The number of hydrogen-bond acceptors (Lipinski definition) is 10. The van der Waals surface area contributed by atoms with E-state index in [0.29, 0.717) is 62.2 Å². The van der Waals surface area contributed by atoms with Crippen molar-refractivity contribution in [1.29, 1.82) is 0 Å². The van der Waals surface area contributed by atoms with E-state index in [1.807, 2.05) is 67.3 Å². The van der Waals surface area contributed by atoms with E-state index >= 15 is 0 Å². The summed E-state index contributed by atoms with van der Waals surface area (Å²) in [6.07, 6.45) is 1.08. The molecule has 1 aromatic heterocycles. The summed E-state index contributed by atoms with van der Waals surface area (Å²) in [5, 5.41) is 19.2. The minimum atomic E-state index is -4.60. The van der Waals surface area contributed by atoms with Crippen LogP contribution in [0.2, 0.25) is 0 Å². The molecule has 3 N–H and O–H groups in total. The summed E-state index contributed by atoms with van der Waals surface area (Å²) >= 11 is 0.491. The van der Waals surface area contributed by atoms with Crippen LogP contribution in [0.5, 0.6) is 0 Å². The second kappa shape index (κ2) is 13.9. The van der Waals surface area contributed by atoms with Gasteiger partial charge in [0.2, 0.25) is 10.0 Å². The summed E-state index contributed by atoms with van der Waals surface area (Å²) in [6, 6.07) is 28.0. The maximum absolute atomic E-state index is 12.1. The molecule has 0 bridgehead atoms. The van der Waals surface area contributed by atoms with Crippen LogP contribution in [0.3, 0.4) is 0 Å². The quantitative estimate of drug-likeness (QED) is 0.0300. The Morgan fingerprint density at radius 3 is 2.20 bits per heavy atom. The zero-order valence-electron chi connectivity index (χ0n) is 27.1. The fraction of sp³-hybridized carbons (Fsp3) is 0.114. The molecule has 0 amide bonds. The van der Waals surface area contributed by atoms with E-state index in [1.54, 1.807) is 37.4 Å². The average molecular weight is 734 g/mol. The van der Waals surface area contributed by atoms with Crippen LogP contribution >= 0.6 is 12.0 Å². The molecule has 6 rings (SSSR count). The number of benzene rings is 5. The van der Waals surface area contributed by atoms with E-state index in [4.69, 9.17) is 4.42 Å². The summed E-state index contributed by atoms with van der Waals surface area (Å²) in [7, 11) is -6.36. The highest BCUT2D eigenvalue weighted by atomic mass is 32.2. The van der Waals surface area contributed by atoms with Crippen molar-refractivity contribution in [2.75, 3.05) is 28.2 Å². The first-order valence-corrected chi connectivity index (χ1v) is 19.0. The zero-order chi connectivity index (χ0) is 35.8. The highest BCUT2D eigenvalue weighted by Crippen LogP contribution is 2.44. The van der Waals surface area contributed by atoms with E-state index < -0.39 is 25.0 Å². The molecule has 0 fully saturated rings. The smallest absolute Gasteiger partial charge is 0.363 e. The van der Waals surface area contributed by atoms with Gasteiger partial charge in [-0.05, 0) is 79.1 Å². The lowest BCUT2D eigenvalue weighted by Crippen LogP contribution is -2.15. The molecule has 0 spiro atoms. The summed E-state index contributed by atoms with van der Waals surface area (Å²) in [5.41, 5.74) is 7.44. The van der Waals surface area contributed by atoms with Crippen LogP contribution in [0, 0.1) is 13.8 Å². The molecule has 0 unspecified atom stereocenters. The van der Waals surface area contributed by atoms with Crippen molar-refractivity contribution >= 4 is 82.6 Å². The first kappa shape index (κ1) is 35.1. The van der Waals surface area contributed by atoms with Gasteiger partial charge in [0.15, 0.2) is 0 Å². The number of sulfonamides is 1. The molecule has 0 saturated carbocycles. The molecule has 0 aliphatic rings. The first-order valence-electron chi connectivity index (χ1n) is 15.0. The van der Waals surface area contributed by atoms with Crippen LogP contribution in [0.1, 0.15) is 11.1 Å². The predicted octanol–water partition coefficient (Wildman–Crippen LogP) is 7.51. The fourth-order valence-electron chi connectivity index (χ4n) is 5.79. The average Bonchev–Trinajstić information content (AvgIpc) is 3.06. The Morgan fingerprint density at radius 2 is 1.52 bits per heavy atom. The summed E-state index contributed by atoms with van der Waals surface area (Å²) in [6.45, 7) is 4.02. The third-order valence-electron chi connectivity index (χ3n) is 8.08. The van der Waals surface area contributed by atoms with Crippen LogP contribution in [-0.2, 0) is 29.5 Å². The zero-order valence-corrected chi connectivity index (χ0v) is 29.6. The molecule has 0 aliphatic carbocycles.